The van der Waals surface area contributed by atoms with Gasteiger partial charge in [-0.25, -0.2) is 4.79 Å². The van der Waals surface area contributed by atoms with Gasteiger partial charge in [-0.3, -0.25) is 0 Å². The predicted molar refractivity (Wildman–Crippen MR) is 96.2 cm³/mol. The molecule has 0 amide bonds. The first-order chi connectivity index (χ1) is 14.1. The molecule has 11 heteroatoms. The molecular formula is C19H21O11-. The molecule has 1 saturated heterocycles. The largest absolute Gasteiger partial charge is 0.543 e. The fraction of sp³-hybridized carbons (Fsp3) is 0.474. The highest BCUT2D eigenvalue weighted by molar-refractivity contribution is 5.81. The standard InChI is InChI=1S/C19H22O11/c1-8-4-14(23)28-13-5-9(2-3-10(8)13)29-19(18(26)27)6-11(21)15(24)17(30-19)16(25)12(22)7-20/h2-5,11-12,15-17,20-22,24-25H,6-7H2,1H3,(H,26,27)/p-1. The van der Waals surface area contributed by atoms with Gasteiger partial charge in [0.15, 0.2) is 0 Å². The fourth-order valence-corrected chi connectivity index (χ4v) is 3.35. The van der Waals surface area contributed by atoms with Crippen LogP contribution in [0.1, 0.15) is 12.0 Å². The van der Waals surface area contributed by atoms with Crippen molar-refractivity contribution < 1.29 is 49.3 Å². The molecule has 30 heavy (non-hydrogen) atoms. The van der Waals surface area contributed by atoms with Crippen LogP contribution in [-0.4, -0.2) is 74.4 Å². The van der Waals surface area contributed by atoms with E-state index in [1.165, 1.54) is 24.3 Å². The van der Waals surface area contributed by atoms with Crippen molar-refractivity contribution in [2.75, 3.05) is 6.61 Å². The number of carbonyl (C=O) groups excluding carboxylic acids is 1. The molecule has 6 unspecified atom stereocenters. The summed E-state index contributed by atoms with van der Waals surface area (Å²) in [5.74, 6) is -4.70. The van der Waals surface area contributed by atoms with Gasteiger partial charge in [-0.05, 0) is 24.6 Å². The van der Waals surface area contributed by atoms with E-state index < -0.39 is 60.9 Å². The monoisotopic (exact) mass is 425 g/mol. The highest BCUT2D eigenvalue weighted by atomic mass is 16.7. The molecule has 0 radical (unpaired) electrons. The molecule has 11 nitrogen and oxygen atoms in total. The van der Waals surface area contributed by atoms with Gasteiger partial charge in [-0.15, -0.1) is 0 Å². The Kier molecular flexibility index (Phi) is 6.13. The number of rotatable bonds is 6. The summed E-state index contributed by atoms with van der Waals surface area (Å²) in [6.07, 6.45) is -9.84. The number of carbonyl (C=O) groups is 1. The Bertz CT molecular complexity index is 986. The van der Waals surface area contributed by atoms with Gasteiger partial charge in [0.25, 0.3) is 5.79 Å². The minimum atomic E-state index is -2.66. The van der Waals surface area contributed by atoms with E-state index in [0.29, 0.717) is 10.9 Å². The number of aliphatic hydroxyl groups excluding tert-OH is 5. The highest BCUT2D eigenvalue weighted by Crippen LogP contribution is 2.35. The van der Waals surface area contributed by atoms with Crippen molar-refractivity contribution in [3.8, 4) is 5.75 Å². The molecule has 2 aromatic rings. The van der Waals surface area contributed by atoms with Gasteiger partial charge in [0, 0.05) is 23.9 Å². The average molecular weight is 425 g/mol. The number of ether oxygens (including phenoxy) is 2. The van der Waals surface area contributed by atoms with Gasteiger partial charge < -0.3 is 49.3 Å². The van der Waals surface area contributed by atoms with Crippen LogP contribution in [-0.2, 0) is 9.53 Å². The quantitative estimate of drug-likeness (QED) is 0.299. The summed E-state index contributed by atoms with van der Waals surface area (Å²) < 4.78 is 15.8. The van der Waals surface area contributed by atoms with Gasteiger partial charge >= 0.3 is 5.63 Å². The van der Waals surface area contributed by atoms with Gasteiger partial charge in [0.1, 0.15) is 41.7 Å². The highest BCUT2D eigenvalue weighted by Gasteiger charge is 2.52. The van der Waals surface area contributed by atoms with E-state index in [2.05, 4.69) is 0 Å². The zero-order chi connectivity index (χ0) is 22.2. The molecule has 1 aromatic heterocycles. The molecule has 3 rings (SSSR count). The number of aliphatic hydroxyl groups is 5. The topological polar surface area (TPSA) is 190 Å². The lowest BCUT2D eigenvalue weighted by molar-refractivity contribution is -0.373. The lowest BCUT2D eigenvalue weighted by Gasteiger charge is -2.47. The van der Waals surface area contributed by atoms with Crippen LogP contribution in [0.5, 0.6) is 5.75 Å². The Balaban J connectivity index is 1.99. The van der Waals surface area contributed by atoms with Crippen LogP contribution in [0.4, 0.5) is 0 Å². The lowest BCUT2D eigenvalue weighted by Crippen LogP contribution is -2.67. The van der Waals surface area contributed by atoms with Crippen LogP contribution in [0.2, 0.25) is 0 Å². The second kappa shape index (κ2) is 8.30. The van der Waals surface area contributed by atoms with E-state index in [1.54, 1.807) is 6.92 Å². The van der Waals surface area contributed by atoms with Crippen molar-refractivity contribution in [3.63, 3.8) is 0 Å². The summed E-state index contributed by atoms with van der Waals surface area (Å²) in [7, 11) is 0. The maximum Gasteiger partial charge on any atom is 0.336 e. The molecule has 0 bridgehead atoms. The van der Waals surface area contributed by atoms with Crippen LogP contribution >= 0.6 is 0 Å². The first-order valence-electron chi connectivity index (χ1n) is 9.04. The van der Waals surface area contributed by atoms with Crippen LogP contribution in [0.25, 0.3) is 11.0 Å². The van der Waals surface area contributed by atoms with E-state index >= 15 is 0 Å². The molecule has 1 aliphatic heterocycles. The first kappa shape index (κ1) is 22.2. The number of hydrogen-bond donors (Lipinski definition) is 5. The van der Waals surface area contributed by atoms with E-state index in [4.69, 9.17) is 19.0 Å². The van der Waals surface area contributed by atoms with E-state index in [0.717, 1.165) is 0 Å². The summed E-state index contributed by atoms with van der Waals surface area (Å²) in [5, 5.41) is 61.4. The zero-order valence-electron chi connectivity index (χ0n) is 15.8. The maximum absolute atomic E-state index is 11.9. The number of carboxylic acid groups (broad SMARTS) is 1. The number of aryl methyl sites for hydroxylation is 1. The molecule has 164 valence electrons. The Hall–Kier alpha value is -2.54. The zero-order valence-corrected chi connectivity index (χ0v) is 15.8. The summed E-state index contributed by atoms with van der Waals surface area (Å²) in [6.45, 7) is 0.773. The third kappa shape index (κ3) is 4.03. The molecular weight excluding hydrogens is 404 g/mol. The van der Waals surface area contributed by atoms with Gasteiger partial charge in [-0.2, -0.15) is 0 Å². The number of hydrogen-bond acceptors (Lipinski definition) is 11. The van der Waals surface area contributed by atoms with Crippen molar-refractivity contribution in [1.82, 2.24) is 0 Å². The third-order valence-electron chi connectivity index (χ3n) is 4.97. The molecule has 0 aliphatic carbocycles. The summed E-state index contributed by atoms with van der Waals surface area (Å²) in [4.78, 5) is 23.5. The normalized spacial score (nSPS) is 28.8. The number of benzene rings is 1. The number of carboxylic acids is 1. The van der Waals surface area contributed by atoms with Crippen molar-refractivity contribution in [2.45, 2.75) is 49.7 Å². The maximum atomic E-state index is 11.9. The van der Waals surface area contributed by atoms with Crippen molar-refractivity contribution in [2.24, 2.45) is 0 Å². The Morgan fingerprint density at radius 3 is 2.67 bits per heavy atom. The van der Waals surface area contributed by atoms with Crippen molar-refractivity contribution in [3.05, 3.63) is 40.2 Å². The van der Waals surface area contributed by atoms with Crippen LogP contribution in [0.3, 0.4) is 0 Å². The Morgan fingerprint density at radius 2 is 2.03 bits per heavy atom. The summed E-state index contributed by atoms with van der Waals surface area (Å²) >= 11 is 0. The van der Waals surface area contributed by atoms with Crippen molar-refractivity contribution >= 4 is 16.9 Å². The molecule has 6 atom stereocenters. The minimum absolute atomic E-state index is 0.106. The molecule has 0 saturated carbocycles. The van der Waals surface area contributed by atoms with Crippen LogP contribution < -0.4 is 15.5 Å². The van der Waals surface area contributed by atoms with Crippen LogP contribution in [0, 0.1) is 6.92 Å². The molecule has 1 aromatic carbocycles. The molecule has 2 heterocycles. The Morgan fingerprint density at radius 1 is 1.33 bits per heavy atom. The van der Waals surface area contributed by atoms with Crippen molar-refractivity contribution in [1.29, 1.82) is 0 Å². The third-order valence-corrected chi connectivity index (χ3v) is 4.97. The summed E-state index contributed by atoms with van der Waals surface area (Å²) in [6, 6.07) is 5.41. The first-order valence-corrected chi connectivity index (χ1v) is 9.04. The summed E-state index contributed by atoms with van der Waals surface area (Å²) in [5.41, 5.74) is 0.103. The number of aliphatic carboxylic acids is 1. The average Bonchev–Trinajstić information content (AvgIpc) is 2.68. The lowest BCUT2D eigenvalue weighted by atomic mass is 9.90. The van der Waals surface area contributed by atoms with Gasteiger partial charge in [0.2, 0.25) is 0 Å². The van der Waals surface area contributed by atoms with Gasteiger partial charge in [0.05, 0.1) is 12.7 Å². The molecule has 1 aliphatic rings. The smallest absolute Gasteiger partial charge is 0.336 e. The van der Waals surface area contributed by atoms with Crippen LogP contribution in [0.15, 0.2) is 33.5 Å². The number of fused-ring (bicyclic) bond motifs is 1. The molecule has 0 spiro atoms. The SMILES string of the molecule is Cc1cc(=O)oc2cc(OC3(C(=O)[O-])CC(O)C(O)C(C(O)C(O)CO)O3)ccc12. The van der Waals surface area contributed by atoms with E-state index in [1.807, 2.05) is 0 Å². The predicted octanol–water partition coefficient (Wildman–Crippen LogP) is -2.85. The molecule has 5 N–H and O–H groups in total. The Labute approximate surface area is 169 Å². The van der Waals surface area contributed by atoms with Gasteiger partial charge in [-0.1, -0.05) is 0 Å². The fourth-order valence-electron chi connectivity index (χ4n) is 3.35. The molecule has 1 fully saturated rings. The second-order valence-electron chi connectivity index (χ2n) is 7.13. The second-order valence-corrected chi connectivity index (χ2v) is 7.13. The van der Waals surface area contributed by atoms with E-state index in [9.17, 15) is 35.1 Å². The minimum Gasteiger partial charge on any atom is -0.543 e. The van der Waals surface area contributed by atoms with E-state index in [-0.39, 0.29) is 11.3 Å².